The standard InChI is InChI=1S/C15H14N2O3/c18-10-13-5-1-2-6-14(13)20-11-15(19)17-9-12-4-3-7-16-8-12/h1-8,10H,9,11H2,(H,17,19). The largest absolute Gasteiger partial charge is 0.483 e. The van der Waals surface area contributed by atoms with Crippen LogP contribution in [0.1, 0.15) is 15.9 Å². The minimum Gasteiger partial charge on any atom is -0.483 e. The molecular formula is C15H14N2O3. The van der Waals surface area contributed by atoms with Gasteiger partial charge in [-0.15, -0.1) is 0 Å². The lowest BCUT2D eigenvalue weighted by atomic mass is 10.2. The number of hydrogen-bond acceptors (Lipinski definition) is 4. The van der Waals surface area contributed by atoms with Crippen molar-refractivity contribution >= 4 is 12.2 Å². The van der Waals surface area contributed by atoms with Crippen LogP contribution in [0, 0.1) is 0 Å². The van der Waals surface area contributed by atoms with Gasteiger partial charge in [-0.05, 0) is 23.8 Å². The first-order valence-electron chi connectivity index (χ1n) is 6.12. The summed E-state index contributed by atoms with van der Waals surface area (Å²) in [6.45, 7) is 0.260. The fourth-order valence-electron chi connectivity index (χ4n) is 1.61. The number of amides is 1. The highest BCUT2D eigenvalue weighted by Crippen LogP contribution is 2.15. The number of aromatic nitrogens is 1. The van der Waals surface area contributed by atoms with Gasteiger partial charge in [0.15, 0.2) is 12.9 Å². The number of nitrogens with zero attached hydrogens (tertiary/aromatic N) is 1. The molecule has 1 aromatic carbocycles. The predicted molar refractivity (Wildman–Crippen MR) is 73.4 cm³/mol. The molecule has 1 N–H and O–H groups in total. The van der Waals surface area contributed by atoms with Crippen molar-refractivity contribution in [3.8, 4) is 5.75 Å². The fraction of sp³-hybridized carbons (Fsp3) is 0.133. The van der Waals surface area contributed by atoms with E-state index in [1.807, 2.05) is 6.07 Å². The minimum absolute atomic E-state index is 0.134. The summed E-state index contributed by atoms with van der Waals surface area (Å²) in [5.74, 6) is 0.147. The molecule has 0 spiro atoms. The predicted octanol–water partition coefficient (Wildman–Crippen LogP) is 1.59. The van der Waals surface area contributed by atoms with Crippen molar-refractivity contribution in [3.05, 3.63) is 59.9 Å². The highest BCUT2D eigenvalue weighted by atomic mass is 16.5. The topological polar surface area (TPSA) is 68.3 Å². The van der Waals surface area contributed by atoms with E-state index in [2.05, 4.69) is 10.3 Å². The molecule has 0 saturated carbocycles. The minimum atomic E-state index is -0.255. The van der Waals surface area contributed by atoms with Gasteiger partial charge in [-0.3, -0.25) is 14.6 Å². The monoisotopic (exact) mass is 270 g/mol. The van der Waals surface area contributed by atoms with Crippen molar-refractivity contribution < 1.29 is 14.3 Å². The Kier molecular flexibility index (Phi) is 4.83. The summed E-state index contributed by atoms with van der Waals surface area (Å²) in [4.78, 5) is 26.4. The highest BCUT2D eigenvalue weighted by Gasteiger charge is 2.05. The molecule has 0 fully saturated rings. The number of ether oxygens (including phenoxy) is 1. The van der Waals surface area contributed by atoms with E-state index in [0.717, 1.165) is 5.56 Å². The number of pyridine rings is 1. The van der Waals surface area contributed by atoms with Crippen molar-refractivity contribution in [1.29, 1.82) is 0 Å². The van der Waals surface area contributed by atoms with Crippen molar-refractivity contribution in [1.82, 2.24) is 10.3 Å². The SMILES string of the molecule is O=Cc1ccccc1OCC(=O)NCc1cccnc1. The molecule has 0 saturated heterocycles. The van der Waals surface area contributed by atoms with Crippen LogP contribution in [0.2, 0.25) is 0 Å². The van der Waals surface area contributed by atoms with Gasteiger partial charge in [0.25, 0.3) is 5.91 Å². The van der Waals surface area contributed by atoms with Crippen LogP contribution in [0.4, 0.5) is 0 Å². The third-order valence-corrected chi connectivity index (χ3v) is 2.62. The number of nitrogens with one attached hydrogen (secondary N) is 1. The second-order valence-corrected chi connectivity index (χ2v) is 4.08. The average molecular weight is 270 g/mol. The summed E-state index contributed by atoms with van der Waals surface area (Å²) in [6.07, 6.45) is 4.05. The Morgan fingerprint density at radius 2 is 2.10 bits per heavy atom. The number of carbonyl (C=O) groups is 2. The molecule has 0 aliphatic carbocycles. The Morgan fingerprint density at radius 1 is 1.25 bits per heavy atom. The summed E-state index contributed by atoms with van der Waals surface area (Å²) in [5.41, 5.74) is 1.33. The molecule has 1 heterocycles. The van der Waals surface area contributed by atoms with Gasteiger partial charge in [-0.2, -0.15) is 0 Å². The Labute approximate surface area is 116 Å². The van der Waals surface area contributed by atoms with Crippen molar-refractivity contribution in [3.63, 3.8) is 0 Å². The number of hydrogen-bond donors (Lipinski definition) is 1. The number of para-hydroxylation sites is 1. The highest BCUT2D eigenvalue weighted by molar-refractivity contribution is 5.80. The van der Waals surface area contributed by atoms with Gasteiger partial charge < -0.3 is 10.1 Å². The molecule has 0 aliphatic heterocycles. The Bertz CT molecular complexity index is 585. The van der Waals surface area contributed by atoms with E-state index in [0.29, 0.717) is 24.1 Å². The zero-order valence-electron chi connectivity index (χ0n) is 10.8. The Morgan fingerprint density at radius 3 is 2.85 bits per heavy atom. The first-order chi connectivity index (χ1) is 9.79. The lowest BCUT2D eigenvalue weighted by Gasteiger charge is -2.08. The van der Waals surface area contributed by atoms with Gasteiger partial charge in [0.1, 0.15) is 5.75 Å². The second kappa shape index (κ2) is 7.04. The van der Waals surface area contributed by atoms with Gasteiger partial charge >= 0.3 is 0 Å². The van der Waals surface area contributed by atoms with Gasteiger partial charge in [-0.25, -0.2) is 0 Å². The van der Waals surface area contributed by atoms with Crippen LogP contribution in [0.5, 0.6) is 5.75 Å². The maximum atomic E-state index is 11.6. The Balaban J connectivity index is 1.82. The number of carbonyl (C=O) groups excluding carboxylic acids is 2. The van der Waals surface area contributed by atoms with Gasteiger partial charge in [0, 0.05) is 18.9 Å². The van der Waals surface area contributed by atoms with E-state index in [9.17, 15) is 9.59 Å². The molecule has 0 atom stereocenters. The van der Waals surface area contributed by atoms with Gasteiger partial charge in [0.05, 0.1) is 5.56 Å². The quantitative estimate of drug-likeness (QED) is 0.809. The molecular weight excluding hydrogens is 256 g/mol. The molecule has 102 valence electrons. The van der Waals surface area contributed by atoms with Crippen LogP contribution in [-0.2, 0) is 11.3 Å². The first-order valence-corrected chi connectivity index (χ1v) is 6.12. The molecule has 5 nitrogen and oxygen atoms in total. The van der Waals surface area contributed by atoms with Crippen LogP contribution < -0.4 is 10.1 Å². The van der Waals surface area contributed by atoms with Crippen LogP contribution in [0.3, 0.4) is 0 Å². The molecule has 5 heteroatoms. The average Bonchev–Trinajstić information content (AvgIpc) is 2.52. The molecule has 20 heavy (non-hydrogen) atoms. The maximum Gasteiger partial charge on any atom is 0.258 e. The molecule has 1 amide bonds. The van der Waals surface area contributed by atoms with E-state index in [1.165, 1.54) is 0 Å². The van der Waals surface area contributed by atoms with Gasteiger partial charge in [0.2, 0.25) is 0 Å². The third-order valence-electron chi connectivity index (χ3n) is 2.62. The Hall–Kier alpha value is -2.69. The number of rotatable bonds is 6. The maximum absolute atomic E-state index is 11.6. The van der Waals surface area contributed by atoms with Crippen LogP contribution >= 0.6 is 0 Å². The van der Waals surface area contributed by atoms with Crippen LogP contribution in [-0.4, -0.2) is 23.8 Å². The molecule has 0 bridgehead atoms. The fourth-order valence-corrected chi connectivity index (χ4v) is 1.61. The van der Waals surface area contributed by atoms with Crippen LogP contribution in [0.15, 0.2) is 48.8 Å². The van der Waals surface area contributed by atoms with Crippen molar-refractivity contribution in [2.45, 2.75) is 6.54 Å². The third kappa shape index (κ3) is 3.91. The van der Waals surface area contributed by atoms with Crippen molar-refractivity contribution in [2.75, 3.05) is 6.61 Å². The van der Waals surface area contributed by atoms with E-state index in [-0.39, 0.29) is 12.5 Å². The van der Waals surface area contributed by atoms with E-state index >= 15 is 0 Å². The summed E-state index contributed by atoms with van der Waals surface area (Å²) >= 11 is 0. The molecule has 0 radical (unpaired) electrons. The summed E-state index contributed by atoms with van der Waals surface area (Å²) in [5, 5.41) is 2.71. The first kappa shape index (κ1) is 13.7. The second-order valence-electron chi connectivity index (χ2n) is 4.08. The zero-order valence-corrected chi connectivity index (χ0v) is 10.8. The molecule has 0 unspecified atom stereocenters. The zero-order chi connectivity index (χ0) is 14.2. The van der Waals surface area contributed by atoms with Gasteiger partial charge in [-0.1, -0.05) is 18.2 Å². The number of benzene rings is 1. The lowest BCUT2D eigenvalue weighted by Crippen LogP contribution is -2.28. The molecule has 1 aromatic heterocycles. The summed E-state index contributed by atoms with van der Waals surface area (Å²) in [7, 11) is 0. The van der Waals surface area contributed by atoms with E-state index < -0.39 is 0 Å². The van der Waals surface area contributed by atoms with Crippen molar-refractivity contribution in [2.24, 2.45) is 0 Å². The smallest absolute Gasteiger partial charge is 0.258 e. The lowest BCUT2D eigenvalue weighted by molar-refractivity contribution is -0.123. The molecule has 2 rings (SSSR count). The summed E-state index contributed by atoms with van der Waals surface area (Å²) in [6, 6.07) is 10.4. The van der Waals surface area contributed by atoms with Crippen LogP contribution in [0.25, 0.3) is 0 Å². The molecule has 2 aromatic rings. The number of aldehydes is 1. The normalized spacial score (nSPS) is 9.80. The van der Waals surface area contributed by atoms with E-state index in [1.54, 1.807) is 42.7 Å². The summed E-state index contributed by atoms with van der Waals surface area (Å²) < 4.78 is 5.32. The van der Waals surface area contributed by atoms with E-state index in [4.69, 9.17) is 4.74 Å². The molecule has 0 aliphatic rings.